The fourth-order valence-electron chi connectivity index (χ4n) is 2.55. The summed E-state index contributed by atoms with van der Waals surface area (Å²) in [6, 6.07) is 12.7. The van der Waals surface area contributed by atoms with Crippen LogP contribution in [0.25, 0.3) is 0 Å². The van der Waals surface area contributed by atoms with Crippen LogP contribution in [0.3, 0.4) is 0 Å². The predicted octanol–water partition coefficient (Wildman–Crippen LogP) is 2.54. The fourth-order valence-corrected chi connectivity index (χ4v) is 2.55. The van der Waals surface area contributed by atoms with E-state index in [2.05, 4.69) is 40.2 Å². The molecule has 92 valence electrons. The third-order valence-electron chi connectivity index (χ3n) is 3.40. The predicted molar refractivity (Wildman–Crippen MR) is 74.0 cm³/mol. The van der Waals surface area contributed by atoms with E-state index in [1.54, 1.807) is 0 Å². The first-order chi connectivity index (χ1) is 8.78. The third kappa shape index (κ3) is 1.87. The average Bonchev–Trinajstić information content (AvgIpc) is 2.81. The Labute approximate surface area is 107 Å². The monoisotopic (exact) mass is 239 g/mol. The van der Waals surface area contributed by atoms with Crippen molar-refractivity contribution in [3.8, 4) is 0 Å². The van der Waals surface area contributed by atoms with Gasteiger partial charge in [0, 0.05) is 24.5 Å². The van der Waals surface area contributed by atoms with Gasteiger partial charge in [-0.2, -0.15) is 0 Å². The van der Waals surface area contributed by atoms with Crippen LogP contribution in [0.2, 0.25) is 0 Å². The lowest BCUT2D eigenvalue weighted by atomic mass is 10.2. The van der Waals surface area contributed by atoms with E-state index in [1.807, 2.05) is 13.0 Å². The molecule has 0 atom stereocenters. The van der Waals surface area contributed by atoms with Gasteiger partial charge in [0.05, 0.1) is 0 Å². The molecule has 0 aliphatic carbocycles. The van der Waals surface area contributed by atoms with Crippen molar-refractivity contribution in [3.63, 3.8) is 0 Å². The Morgan fingerprint density at radius 3 is 2.94 bits per heavy atom. The second kappa shape index (κ2) is 4.42. The lowest BCUT2D eigenvalue weighted by Gasteiger charge is -2.19. The fraction of sp³-hybridized carbons (Fsp3) is 0.267. The molecule has 1 aliphatic rings. The molecule has 0 saturated heterocycles. The lowest BCUT2D eigenvalue weighted by molar-refractivity contribution is 0.953. The number of anilines is 2. The van der Waals surface area contributed by atoms with Crippen molar-refractivity contribution in [2.45, 2.75) is 19.9 Å². The molecule has 0 bridgehead atoms. The van der Waals surface area contributed by atoms with Gasteiger partial charge in [-0.15, -0.1) is 0 Å². The number of rotatable bonds is 2. The number of aromatic nitrogens is 1. The molecule has 0 spiro atoms. The van der Waals surface area contributed by atoms with Crippen molar-refractivity contribution in [2.24, 2.45) is 5.73 Å². The van der Waals surface area contributed by atoms with Gasteiger partial charge >= 0.3 is 0 Å². The van der Waals surface area contributed by atoms with Gasteiger partial charge < -0.3 is 10.6 Å². The Bertz CT molecular complexity index is 578. The van der Waals surface area contributed by atoms with E-state index >= 15 is 0 Å². The minimum Gasteiger partial charge on any atom is -0.326 e. The number of nitrogens with two attached hydrogens (primary N) is 1. The zero-order valence-corrected chi connectivity index (χ0v) is 10.6. The molecule has 0 amide bonds. The van der Waals surface area contributed by atoms with Crippen LogP contribution in [-0.2, 0) is 13.0 Å². The summed E-state index contributed by atoms with van der Waals surface area (Å²) < 4.78 is 0. The number of pyridine rings is 1. The van der Waals surface area contributed by atoms with Crippen LogP contribution >= 0.6 is 0 Å². The SMILES string of the molecule is Cc1cc(CN)cc(N2CCc3ccccc32)n1. The van der Waals surface area contributed by atoms with Crippen molar-refractivity contribution < 1.29 is 0 Å². The summed E-state index contributed by atoms with van der Waals surface area (Å²) >= 11 is 0. The molecule has 1 aromatic heterocycles. The first kappa shape index (κ1) is 11.2. The van der Waals surface area contributed by atoms with Crippen molar-refractivity contribution >= 4 is 11.5 Å². The highest BCUT2D eigenvalue weighted by Crippen LogP contribution is 2.33. The van der Waals surface area contributed by atoms with E-state index in [-0.39, 0.29) is 0 Å². The first-order valence-corrected chi connectivity index (χ1v) is 6.31. The first-order valence-electron chi connectivity index (χ1n) is 6.31. The van der Waals surface area contributed by atoms with Crippen LogP contribution < -0.4 is 10.6 Å². The number of hydrogen-bond acceptors (Lipinski definition) is 3. The Morgan fingerprint density at radius 1 is 1.28 bits per heavy atom. The van der Waals surface area contributed by atoms with Crippen molar-refractivity contribution in [1.29, 1.82) is 0 Å². The van der Waals surface area contributed by atoms with Gasteiger partial charge in [0.2, 0.25) is 0 Å². The van der Waals surface area contributed by atoms with E-state index in [9.17, 15) is 0 Å². The molecule has 1 aromatic carbocycles. The van der Waals surface area contributed by atoms with Gasteiger partial charge in [-0.1, -0.05) is 18.2 Å². The Morgan fingerprint density at radius 2 is 2.11 bits per heavy atom. The molecule has 0 unspecified atom stereocenters. The molecule has 18 heavy (non-hydrogen) atoms. The number of benzene rings is 1. The summed E-state index contributed by atoms with van der Waals surface area (Å²) in [5, 5.41) is 0. The van der Waals surface area contributed by atoms with Gasteiger partial charge in [-0.05, 0) is 42.7 Å². The maximum absolute atomic E-state index is 5.73. The van der Waals surface area contributed by atoms with Crippen LogP contribution in [0, 0.1) is 6.92 Å². The number of aryl methyl sites for hydroxylation is 1. The Hall–Kier alpha value is -1.87. The normalized spacial score (nSPS) is 13.8. The maximum Gasteiger partial charge on any atom is 0.133 e. The third-order valence-corrected chi connectivity index (χ3v) is 3.40. The average molecular weight is 239 g/mol. The van der Waals surface area contributed by atoms with Crippen molar-refractivity contribution in [3.05, 3.63) is 53.2 Å². The van der Waals surface area contributed by atoms with Crippen molar-refractivity contribution in [2.75, 3.05) is 11.4 Å². The van der Waals surface area contributed by atoms with Crippen LogP contribution in [0.1, 0.15) is 16.8 Å². The second-order valence-corrected chi connectivity index (χ2v) is 4.71. The standard InChI is InChI=1S/C15H17N3/c1-11-8-12(10-16)9-15(17-11)18-7-6-13-4-2-3-5-14(13)18/h2-5,8-9H,6-7,10,16H2,1H3. The smallest absolute Gasteiger partial charge is 0.133 e. The minimum absolute atomic E-state index is 0.561. The largest absolute Gasteiger partial charge is 0.326 e. The quantitative estimate of drug-likeness (QED) is 0.875. The van der Waals surface area contributed by atoms with Gasteiger partial charge in [0.25, 0.3) is 0 Å². The Kier molecular flexibility index (Phi) is 2.76. The molecule has 1 aliphatic heterocycles. The minimum atomic E-state index is 0.561. The molecule has 2 aromatic rings. The highest BCUT2D eigenvalue weighted by Gasteiger charge is 2.20. The summed E-state index contributed by atoms with van der Waals surface area (Å²) in [6.07, 6.45) is 1.09. The van der Waals surface area contributed by atoms with Crippen molar-refractivity contribution in [1.82, 2.24) is 4.98 Å². The van der Waals surface area contributed by atoms with E-state index in [1.165, 1.54) is 11.3 Å². The highest BCUT2D eigenvalue weighted by atomic mass is 15.2. The highest BCUT2D eigenvalue weighted by molar-refractivity contribution is 5.67. The van der Waals surface area contributed by atoms with Crippen LogP contribution in [0.4, 0.5) is 11.5 Å². The van der Waals surface area contributed by atoms with Gasteiger partial charge in [-0.3, -0.25) is 0 Å². The molecule has 0 saturated carbocycles. The lowest BCUT2D eigenvalue weighted by Crippen LogP contribution is -2.16. The molecular weight excluding hydrogens is 222 g/mol. The molecular formula is C15H17N3. The summed E-state index contributed by atoms with van der Waals surface area (Å²) in [7, 11) is 0. The number of para-hydroxylation sites is 1. The van der Waals surface area contributed by atoms with E-state index in [0.717, 1.165) is 30.0 Å². The van der Waals surface area contributed by atoms with E-state index in [0.29, 0.717) is 6.54 Å². The number of hydrogen-bond donors (Lipinski definition) is 1. The molecule has 3 rings (SSSR count). The molecule has 3 nitrogen and oxygen atoms in total. The van der Waals surface area contributed by atoms with Crippen LogP contribution in [0.15, 0.2) is 36.4 Å². The van der Waals surface area contributed by atoms with E-state index < -0.39 is 0 Å². The van der Waals surface area contributed by atoms with Gasteiger partial charge in [-0.25, -0.2) is 4.98 Å². The van der Waals surface area contributed by atoms with Crippen LogP contribution in [-0.4, -0.2) is 11.5 Å². The molecule has 2 N–H and O–H groups in total. The second-order valence-electron chi connectivity index (χ2n) is 4.71. The summed E-state index contributed by atoms with van der Waals surface area (Å²) in [6.45, 7) is 3.58. The van der Waals surface area contributed by atoms with Gasteiger partial charge in [0.15, 0.2) is 0 Å². The number of nitrogens with zero attached hydrogens (tertiary/aromatic N) is 2. The zero-order valence-electron chi connectivity index (χ0n) is 10.6. The molecule has 0 radical (unpaired) electrons. The number of fused-ring (bicyclic) bond motifs is 1. The molecule has 2 heterocycles. The zero-order chi connectivity index (χ0) is 12.5. The summed E-state index contributed by atoms with van der Waals surface area (Å²) in [4.78, 5) is 6.91. The maximum atomic E-state index is 5.73. The van der Waals surface area contributed by atoms with Crippen LogP contribution in [0.5, 0.6) is 0 Å². The molecule has 3 heteroatoms. The molecule has 0 fully saturated rings. The Balaban J connectivity index is 2.04. The summed E-state index contributed by atoms with van der Waals surface area (Å²) in [5.41, 5.74) is 10.6. The van der Waals surface area contributed by atoms with E-state index in [4.69, 9.17) is 5.73 Å². The summed E-state index contributed by atoms with van der Waals surface area (Å²) in [5.74, 6) is 1.01. The van der Waals surface area contributed by atoms with Gasteiger partial charge in [0.1, 0.15) is 5.82 Å². The topological polar surface area (TPSA) is 42.1 Å².